The Bertz CT molecular complexity index is 1520. The van der Waals surface area contributed by atoms with E-state index in [-0.39, 0.29) is 12.1 Å². The second-order valence-corrected chi connectivity index (χ2v) is 8.32. The van der Waals surface area contributed by atoms with Gasteiger partial charge < -0.3 is 25.2 Å². The summed E-state index contributed by atoms with van der Waals surface area (Å²) in [6, 6.07) is 13.6. The standard InChI is InChI=1S/C23H22N4O4.C2HF3O2/c1-27(2)12-18(23(29)30)25-22(28)15-7-4-8-16-21(15)26-20-14-6-5-9-19(31-3)13(14)10-11-17(20)24-16;3-2(4,5)1(6)7/h4-11,18H,12H2,1-3H3,(H,25,28)(H,29,30);(H,6,7). The number of nitrogens with one attached hydrogen (secondary N) is 1. The van der Waals surface area contributed by atoms with Crippen molar-refractivity contribution in [3.05, 3.63) is 54.1 Å². The van der Waals surface area contributed by atoms with E-state index in [1.54, 1.807) is 44.3 Å². The molecular formula is C25H23F3N4O6. The van der Waals surface area contributed by atoms with Crippen molar-refractivity contribution in [2.24, 2.45) is 0 Å². The summed E-state index contributed by atoms with van der Waals surface area (Å²) in [7, 11) is 5.11. The first kappa shape index (κ1) is 28.1. The van der Waals surface area contributed by atoms with Gasteiger partial charge >= 0.3 is 18.1 Å². The number of para-hydroxylation sites is 1. The smallest absolute Gasteiger partial charge is 0.490 e. The molecule has 0 aliphatic carbocycles. The third-order valence-corrected chi connectivity index (χ3v) is 5.31. The molecule has 4 aromatic rings. The van der Waals surface area contributed by atoms with Crippen molar-refractivity contribution in [1.82, 2.24) is 20.2 Å². The van der Waals surface area contributed by atoms with Crippen LogP contribution < -0.4 is 10.1 Å². The molecule has 0 saturated carbocycles. The van der Waals surface area contributed by atoms with Crippen molar-refractivity contribution in [3.63, 3.8) is 0 Å². The van der Waals surface area contributed by atoms with E-state index in [2.05, 4.69) is 10.3 Å². The number of methoxy groups -OCH3 is 1. The third kappa shape index (κ3) is 6.24. The highest BCUT2D eigenvalue weighted by Gasteiger charge is 2.38. The number of aliphatic carboxylic acids is 2. The Kier molecular flexibility index (Phi) is 8.31. The molecule has 1 atom stereocenters. The molecule has 3 N–H and O–H groups in total. The molecule has 1 amide bonds. The molecule has 1 unspecified atom stereocenters. The molecule has 4 rings (SSSR count). The lowest BCUT2D eigenvalue weighted by atomic mass is 10.1. The molecule has 200 valence electrons. The van der Waals surface area contributed by atoms with Crippen LogP contribution in [-0.4, -0.2) is 82.9 Å². The van der Waals surface area contributed by atoms with Crippen LogP contribution in [0.3, 0.4) is 0 Å². The molecule has 38 heavy (non-hydrogen) atoms. The second-order valence-electron chi connectivity index (χ2n) is 8.32. The van der Waals surface area contributed by atoms with E-state index < -0.39 is 30.1 Å². The lowest BCUT2D eigenvalue weighted by Crippen LogP contribution is -2.47. The van der Waals surface area contributed by atoms with Crippen molar-refractivity contribution >= 4 is 50.7 Å². The highest BCUT2D eigenvalue weighted by atomic mass is 19.4. The zero-order valence-corrected chi connectivity index (χ0v) is 20.4. The minimum absolute atomic E-state index is 0.172. The fraction of sp³-hybridized carbons (Fsp3) is 0.240. The maximum atomic E-state index is 13.0. The molecule has 0 radical (unpaired) electrons. The lowest BCUT2D eigenvalue weighted by Gasteiger charge is -2.19. The number of hydrogen-bond donors (Lipinski definition) is 3. The van der Waals surface area contributed by atoms with Crippen LogP contribution in [0.15, 0.2) is 48.5 Å². The van der Waals surface area contributed by atoms with Crippen molar-refractivity contribution in [2.45, 2.75) is 12.2 Å². The van der Waals surface area contributed by atoms with Gasteiger partial charge in [-0.2, -0.15) is 13.2 Å². The average Bonchev–Trinajstić information content (AvgIpc) is 2.85. The van der Waals surface area contributed by atoms with E-state index in [9.17, 15) is 27.9 Å². The highest BCUT2D eigenvalue weighted by Crippen LogP contribution is 2.31. The van der Waals surface area contributed by atoms with Gasteiger partial charge in [-0.05, 0) is 44.4 Å². The molecule has 0 saturated heterocycles. The predicted octanol–water partition coefficient (Wildman–Crippen LogP) is 3.32. The number of halogens is 3. The van der Waals surface area contributed by atoms with Crippen LogP contribution in [0, 0.1) is 0 Å². The molecule has 10 nitrogen and oxygen atoms in total. The molecule has 1 aromatic heterocycles. The number of fused-ring (bicyclic) bond motifs is 4. The summed E-state index contributed by atoms with van der Waals surface area (Å²) in [5.74, 6) is -3.64. The number of likely N-dealkylation sites (N-methyl/N-ethyl adjacent to an activating group) is 1. The first-order chi connectivity index (χ1) is 17.8. The maximum Gasteiger partial charge on any atom is 0.490 e. The van der Waals surface area contributed by atoms with Crippen molar-refractivity contribution in [2.75, 3.05) is 27.7 Å². The quantitative estimate of drug-likeness (QED) is 0.252. The summed E-state index contributed by atoms with van der Waals surface area (Å²) < 4.78 is 37.2. The van der Waals surface area contributed by atoms with Crippen LogP contribution in [0.5, 0.6) is 5.75 Å². The van der Waals surface area contributed by atoms with Gasteiger partial charge in [-0.25, -0.2) is 19.6 Å². The summed E-state index contributed by atoms with van der Waals surface area (Å²) in [6.45, 7) is 0.172. The number of hydrogen-bond acceptors (Lipinski definition) is 7. The number of aromatic nitrogens is 2. The SMILES string of the molecule is COc1cccc2c1ccc1nc3cccc(C(=O)NC(CN(C)C)C(=O)O)c3nc12.O=C(O)C(F)(F)F. The van der Waals surface area contributed by atoms with E-state index >= 15 is 0 Å². The summed E-state index contributed by atoms with van der Waals surface area (Å²) in [6.07, 6.45) is -5.08. The summed E-state index contributed by atoms with van der Waals surface area (Å²) in [5.41, 5.74) is 2.59. The van der Waals surface area contributed by atoms with Crippen LogP contribution in [0.1, 0.15) is 10.4 Å². The van der Waals surface area contributed by atoms with E-state index in [0.29, 0.717) is 22.1 Å². The number of benzene rings is 3. The van der Waals surface area contributed by atoms with Gasteiger partial charge in [0.25, 0.3) is 5.91 Å². The number of carboxylic acid groups (broad SMARTS) is 2. The summed E-state index contributed by atoms with van der Waals surface area (Å²) >= 11 is 0. The minimum Gasteiger partial charge on any atom is -0.496 e. The molecule has 3 aromatic carbocycles. The molecule has 13 heteroatoms. The normalized spacial score (nSPS) is 12.2. The Balaban J connectivity index is 0.000000505. The van der Waals surface area contributed by atoms with Crippen LogP contribution in [0.2, 0.25) is 0 Å². The van der Waals surface area contributed by atoms with Crippen LogP contribution in [0.4, 0.5) is 13.2 Å². The summed E-state index contributed by atoms with van der Waals surface area (Å²) in [4.78, 5) is 44.6. The largest absolute Gasteiger partial charge is 0.496 e. The maximum absolute atomic E-state index is 13.0. The molecule has 0 spiro atoms. The van der Waals surface area contributed by atoms with Gasteiger partial charge in [-0.1, -0.05) is 18.2 Å². The molecule has 0 aliphatic rings. The Morgan fingerprint density at radius 3 is 2.16 bits per heavy atom. The Hall–Kier alpha value is -4.52. The van der Waals surface area contributed by atoms with Crippen LogP contribution in [0.25, 0.3) is 32.8 Å². The Morgan fingerprint density at radius 1 is 0.947 bits per heavy atom. The van der Waals surface area contributed by atoms with Crippen molar-refractivity contribution in [3.8, 4) is 5.75 Å². The third-order valence-electron chi connectivity index (χ3n) is 5.31. The average molecular weight is 532 g/mol. The number of ether oxygens (including phenoxy) is 1. The van der Waals surface area contributed by atoms with Gasteiger partial charge in [-0.3, -0.25) is 4.79 Å². The van der Waals surface area contributed by atoms with Gasteiger partial charge in [0.05, 0.1) is 29.2 Å². The van der Waals surface area contributed by atoms with E-state index in [1.165, 1.54) is 0 Å². The van der Waals surface area contributed by atoms with Gasteiger partial charge in [0.2, 0.25) is 0 Å². The number of carboxylic acids is 2. The number of carbonyl (C=O) groups is 3. The van der Waals surface area contributed by atoms with E-state index in [1.807, 2.05) is 30.3 Å². The number of alkyl halides is 3. The van der Waals surface area contributed by atoms with Crippen molar-refractivity contribution in [1.29, 1.82) is 0 Å². The number of nitrogens with zero attached hydrogens (tertiary/aromatic N) is 3. The fourth-order valence-electron chi connectivity index (χ4n) is 3.64. The predicted molar refractivity (Wildman–Crippen MR) is 132 cm³/mol. The van der Waals surface area contributed by atoms with E-state index in [0.717, 1.165) is 16.5 Å². The first-order valence-corrected chi connectivity index (χ1v) is 11.0. The van der Waals surface area contributed by atoms with Gasteiger partial charge in [0, 0.05) is 17.3 Å². The molecule has 0 bridgehead atoms. The van der Waals surface area contributed by atoms with E-state index in [4.69, 9.17) is 19.6 Å². The first-order valence-electron chi connectivity index (χ1n) is 11.0. The fourth-order valence-corrected chi connectivity index (χ4v) is 3.64. The molecular weight excluding hydrogens is 509 g/mol. The van der Waals surface area contributed by atoms with Crippen LogP contribution >= 0.6 is 0 Å². The minimum atomic E-state index is -5.08. The number of carbonyl (C=O) groups excluding carboxylic acids is 1. The van der Waals surface area contributed by atoms with Gasteiger partial charge in [-0.15, -0.1) is 0 Å². The summed E-state index contributed by atoms with van der Waals surface area (Å²) in [5, 5.41) is 20.9. The second kappa shape index (κ2) is 11.3. The zero-order valence-electron chi connectivity index (χ0n) is 20.4. The Labute approximate surface area is 213 Å². The number of amides is 1. The Morgan fingerprint density at radius 2 is 1.58 bits per heavy atom. The molecule has 1 heterocycles. The zero-order chi connectivity index (χ0) is 28.2. The van der Waals surface area contributed by atoms with Crippen molar-refractivity contribution < 1.29 is 42.5 Å². The molecule has 0 fully saturated rings. The topological polar surface area (TPSA) is 142 Å². The number of rotatable bonds is 6. The highest BCUT2D eigenvalue weighted by molar-refractivity contribution is 6.11. The lowest BCUT2D eigenvalue weighted by molar-refractivity contribution is -0.192. The molecule has 0 aliphatic heterocycles. The van der Waals surface area contributed by atoms with Gasteiger partial charge in [0.15, 0.2) is 0 Å². The monoisotopic (exact) mass is 532 g/mol. The van der Waals surface area contributed by atoms with Crippen LogP contribution in [-0.2, 0) is 9.59 Å². The van der Waals surface area contributed by atoms with Gasteiger partial charge in [0.1, 0.15) is 17.3 Å².